The fourth-order valence-electron chi connectivity index (χ4n) is 2.79. The van der Waals surface area contributed by atoms with Crippen molar-refractivity contribution in [3.63, 3.8) is 0 Å². The molecule has 0 fully saturated rings. The lowest BCUT2D eigenvalue weighted by atomic mass is 10.1. The van der Waals surface area contributed by atoms with Gasteiger partial charge in [-0.2, -0.15) is 0 Å². The van der Waals surface area contributed by atoms with Gasteiger partial charge in [-0.05, 0) is 48.5 Å². The van der Waals surface area contributed by atoms with Gasteiger partial charge in [0.25, 0.3) is 0 Å². The van der Waals surface area contributed by atoms with E-state index in [0.29, 0.717) is 40.0 Å². The number of halogens is 1. The first-order valence-corrected chi connectivity index (χ1v) is 9.44. The van der Waals surface area contributed by atoms with E-state index in [1.165, 1.54) is 0 Å². The monoisotopic (exact) mass is 404 g/mol. The quantitative estimate of drug-likeness (QED) is 0.476. The van der Waals surface area contributed by atoms with Gasteiger partial charge in [-0.3, -0.25) is 9.78 Å². The summed E-state index contributed by atoms with van der Waals surface area (Å²) in [4.78, 5) is 25.0. The smallest absolute Gasteiger partial charge is 0.224 e. The van der Waals surface area contributed by atoms with Crippen LogP contribution in [0.3, 0.4) is 0 Å². The molecule has 29 heavy (non-hydrogen) atoms. The molecule has 7 heteroatoms. The molecule has 1 N–H and O–H groups in total. The van der Waals surface area contributed by atoms with Crippen molar-refractivity contribution in [2.45, 2.75) is 13.3 Å². The van der Waals surface area contributed by atoms with Gasteiger partial charge < -0.3 is 10.1 Å². The second-order valence-electron chi connectivity index (χ2n) is 6.30. The van der Waals surface area contributed by atoms with Crippen molar-refractivity contribution in [2.75, 3.05) is 5.32 Å². The fraction of sp³-hybridized carbons (Fsp3) is 0.0909. The summed E-state index contributed by atoms with van der Waals surface area (Å²) >= 11 is 6.05. The molecule has 0 aliphatic carbocycles. The number of benzene rings is 2. The highest BCUT2D eigenvalue weighted by molar-refractivity contribution is 6.31. The molecular weight excluding hydrogens is 388 g/mol. The zero-order valence-electron chi connectivity index (χ0n) is 15.6. The predicted molar refractivity (Wildman–Crippen MR) is 113 cm³/mol. The van der Waals surface area contributed by atoms with E-state index in [1.807, 2.05) is 18.2 Å². The highest BCUT2D eigenvalue weighted by Gasteiger charge is 2.14. The third-order valence-electron chi connectivity index (χ3n) is 4.23. The van der Waals surface area contributed by atoms with E-state index in [0.717, 1.165) is 10.9 Å². The summed E-state index contributed by atoms with van der Waals surface area (Å²) in [7, 11) is 0. The van der Waals surface area contributed by atoms with Crippen LogP contribution in [0.2, 0.25) is 5.02 Å². The van der Waals surface area contributed by atoms with Crippen LogP contribution in [-0.4, -0.2) is 20.9 Å². The summed E-state index contributed by atoms with van der Waals surface area (Å²) in [5.41, 5.74) is 2.06. The van der Waals surface area contributed by atoms with E-state index < -0.39 is 0 Å². The molecule has 0 saturated heterocycles. The van der Waals surface area contributed by atoms with Crippen LogP contribution < -0.4 is 10.1 Å². The summed E-state index contributed by atoms with van der Waals surface area (Å²) in [5, 5.41) is 4.32. The van der Waals surface area contributed by atoms with Gasteiger partial charge in [0.1, 0.15) is 11.5 Å². The predicted octanol–water partition coefficient (Wildman–Crippen LogP) is 5.49. The Hall–Kier alpha value is -3.51. The maximum absolute atomic E-state index is 11.8. The Labute approximate surface area is 172 Å². The van der Waals surface area contributed by atoms with E-state index in [-0.39, 0.29) is 5.91 Å². The standard InChI is InChI=1S/C22H17ClN4O2/c1-2-21(28)26-16-6-8-20(29-17-4-3-9-24-13-17)18(11-16)22-25-12-14-10-15(23)5-7-19(14)27-22/h3-13H,2H2,1H3,(H,26,28). The Morgan fingerprint density at radius 1 is 1.14 bits per heavy atom. The van der Waals surface area contributed by atoms with Crippen LogP contribution in [0, 0.1) is 0 Å². The number of carbonyl (C=O) groups excluding carboxylic acids is 1. The molecule has 2 aromatic carbocycles. The molecule has 4 rings (SSSR count). The topological polar surface area (TPSA) is 77.0 Å². The minimum Gasteiger partial charge on any atom is -0.455 e. The van der Waals surface area contributed by atoms with Gasteiger partial charge in [0.15, 0.2) is 5.82 Å². The second-order valence-corrected chi connectivity index (χ2v) is 6.74. The normalized spacial score (nSPS) is 10.7. The summed E-state index contributed by atoms with van der Waals surface area (Å²) in [5.74, 6) is 1.55. The number of carbonyl (C=O) groups is 1. The molecule has 0 atom stereocenters. The number of rotatable bonds is 5. The van der Waals surface area contributed by atoms with Crippen LogP contribution in [0.1, 0.15) is 13.3 Å². The molecule has 4 aromatic rings. The Bertz CT molecular complexity index is 1180. The highest BCUT2D eigenvalue weighted by atomic mass is 35.5. The largest absolute Gasteiger partial charge is 0.455 e. The van der Waals surface area contributed by atoms with E-state index >= 15 is 0 Å². The second kappa shape index (κ2) is 8.24. The summed E-state index contributed by atoms with van der Waals surface area (Å²) in [6, 6.07) is 14.4. The van der Waals surface area contributed by atoms with Crippen molar-refractivity contribution >= 4 is 34.1 Å². The Kier molecular flexibility index (Phi) is 5.35. The van der Waals surface area contributed by atoms with Gasteiger partial charge in [0.2, 0.25) is 5.91 Å². The molecular formula is C22H17ClN4O2. The van der Waals surface area contributed by atoms with E-state index in [9.17, 15) is 4.79 Å². The third kappa shape index (κ3) is 4.33. The number of fused-ring (bicyclic) bond motifs is 1. The summed E-state index contributed by atoms with van der Waals surface area (Å²) in [6.07, 6.45) is 5.40. The minimum atomic E-state index is -0.0778. The van der Waals surface area contributed by atoms with Crippen molar-refractivity contribution in [3.05, 3.63) is 72.1 Å². The number of hydrogen-bond acceptors (Lipinski definition) is 5. The summed E-state index contributed by atoms with van der Waals surface area (Å²) < 4.78 is 6.01. The fourth-order valence-corrected chi connectivity index (χ4v) is 2.97. The number of amides is 1. The van der Waals surface area contributed by atoms with Gasteiger partial charge in [-0.1, -0.05) is 18.5 Å². The van der Waals surface area contributed by atoms with Gasteiger partial charge in [0.05, 0.1) is 17.3 Å². The molecule has 1 amide bonds. The lowest BCUT2D eigenvalue weighted by Gasteiger charge is -2.13. The van der Waals surface area contributed by atoms with Crippen LogP contribution in [0.5, 0.6) is 11.5 Å². The third-order valence-corrected chi connectivity index (χ3v) is 4.46. The first-order valence-electron chi connectivity index (χ1n) is 9.07. The molecule has 2 aromatic heterocycles. The number of ether oxygens (including phenoxy) is 1. The van der Waals surface area contributed by atoms with Crippen LogP contribution in [0.4, 0.5) is 5.69 Å². The molecule has 6 nitrogen and oxygen atoms in total. The van der Waals surface area contributed by atoms with Crippen molar-refractivity contribution in [3.8, 4) is 22.9 Å². The molecule has 0 aliphatic rings. The summed E-state index contributed by atoms with van der Waals surface area (Å²) in [6.45, 7) is 1.80. The molecule has 2 heterocycles. The maximum atomic E-state index is 11.8. The van der Waals surface area contributed by atoms with Crippen LogP contribution >= 0.6 is 11.6 Å². The number of anilines is 1. The van der Waals surface area contributed by atoms with Crippen molar-refractivity contribution < 1.29 is 9.53 Å². The van der Waals surface area contributed by atoms with Crippen LogP contribution in [0.15, 0.2) is 67.1 Å². The average Bonchev–Trinajstić information content (AvgIpc) is 2.75. The van der Waals surface area contributed by atoms with Crippen molar-refractivity contribution in [1.29, 1.82) is 0 Å². The van der Waals surface area contributed by atoms with Gasteiger partial charge in [-0.25, -0.2) is 9.97 Å². The van der Waals surface area contributed by atoms with Crippen LogP contribution in [0.25, 0.3) is 22.3 Å². The first kappa shape index (κ1) is 18.8. The zero-order chi connectivity index (χ0) is 20.2. The Morgan fingerprint density at radius 2 is 2.03 bits per heavy atom. The number of aromatic nitrogens is 3. The number of nitrogens with one attached hydrogen (secondary N) is 1. The van der Waals surface area contributed by atoms with Gasteiger partial charge in [-0.15, -0.1) is 0 Å². The van der Waals surface area contributed by atoms with E-state index in [1.54, 1.807) is 55.8 Å². The average molecular weight is 405 g/mol. The number of pyridine rings is 1. The molecule has 0 spiro atoms. The molecule has 0 radical (unpaired) electrons. The molecule has 0 bridgehead atoms. The molecule has 0 aliphatic heterocycles. The van der Waals surface area contributed by atoms with E-state index in [4.69, 9.17) is 16.3 Å². The highest BCUT2D eigenvalue weighted by Crippen LogP contribution is 2.34. The van der Waals surface area contributed by atoms with Crippen LogP contribution in [-0.2, 0) is 4.79 Å². The van der Waals surface area contributed by atoms with Crippen molar-refractivity contribution in [2.24, 2.45) is 0 Å². The number of nitrogens with zero attached hydrogens (tertiary/aromatic N) is 3. The lowest BCUT2D eigenvalue weighted by molar-refractivity contribution is -0.115. The molecule has 0 unspecified atom stereocenters. The first-order chi connectivity index (χ1) is 14.1. The SMILES string of the molecule is CCC(=O)Nc1ccc(Oc2cccnc2)c(-c2ncc3cc(Cl)ccc3n2)c1. The Balaban J connectivity index is 1.80. The minimum absolute atomic E-state index is 0.0778. The maximum Gasteiger partial charge on any atom is 0.224 e. The van der Waals surface area contributed by atoms with Gasteiger partial charge >= 0.3 is 0 Å². The number of hydrogen-bond donors (Lipinski definition) is 1. The zero-order valence-corrected chi connectivity index (χ0v) is 16.3. The van der Waals surface area contributed by atoms with Crippen molar-refractivity contribution in [1.82, 2.24) is 15.0 Å². The lowest BCUT2D eigenvalue weighted by Crippen LogP contribution is -2.09. The van der Waals surface area contributed by atoms with E-state index in [2.05, 4.69) is 20.3 Å². The molecule has 0 saturated carbocycles. The van der Waals surface area contributed by atoms with Gasteiger partial charge in [0, 0.05) is 34.9 Å². The molecule has 144 valence electrons. The Morgan fingerprint density at radius 3 is 2.83 bits per heavy atom.